The Morgan fingerprint density at radius 1 is 0.183 bits per heavy atom. The molecule has 0 aromatic heterocycles. The van der Waals surface area contributed by atoms with Gasteiger partial charge in [-0.15, -0.1) is 0 Å². The van der Waals surface area contributed by atoms with Gasteiger partial charge in [-0.1, -0.05) is 267 Å². The first-order chi connectivity index (χ1) is 40.7. The van der Waals surface area contributed by atoms with Crippen molar-refractivity contribution in [1.29, 1.82) is 0 Å². The normalized spacial score (nSPS) is 11.3. The third-order valence-corrected chi connectivity index (χ3v) is 15.2. The molecule has 0 unspecified atom stereocenters. The fraction of sp³-hybridized carbons (Fsp3) is 0. The molecule has 0 atom stereocenters. The molecule has 0 N–H and O–H groups in total. The smallest absolute Gasteiger partial charge is 0.0462 e. The molecule has 0 fully saturated rings. The van der Waals surface area contributed by atoms with Crippen molar-refractivity contribution in [2.24, 2.45) is 0 Å². The average molecular weight is 1050 g/mol. The van der Waals surface area contributed by atoms with E-state index in [1.54, 1.807) is 0 Å². The number of hydrogen-bond donors (Lipinski definition) is 0. The number of nitrogens with zero attached hydrogens (tertiary/aromatic N) is 2. The first-order valence-electron chi connectivity index (χ1n) is 28.1. The molecule has 14 rings (SSSR count). The minimum absolute atomic E-state index is 1.13. The lowest BCUT2D eigenvalue weighted by Gasteiger charge is -2.25. The van der Waals surface area contributed by atoms with Crippen LogP contribution in [-0.2, 0) is 0 Å². The SMILES string of the molecule is C(=C\c1ccc(N(c2ccccc2)c2ccccc2)cc1)/c1ccc(/C=C/c2ccc(N(c3ccccc3)c3ccccc3)cc2)cc1.c1ccc2cc(-c3c4ccccc4c(-c4ccc5ccccc5c4)c4ccccc34)ccc2c1. The van der Waals surface area contributed by atoms with E-state index in [1.807, 2.05) is 0 Å². The highest BCUT2D eigenvalue weighted by atomic mass is 15.1. The predicted molar refractivity (Wildman–Crippen MR) is 354 cm³/mol. The summed E-state index contributed by atoms with van der Waals surface area (Å²) in [6.07, 6.45) is 8.66. The third kappa shape index (κ3) is 11.0. The first-order valence-corrected chi connectivity index (χ1v) is 28.1. The zero-order valence-corrected chi connectivity index (χ0v) is 45.4. The number of benzene rings is 14. The highest BCUT2D eigenvalue weighted by Crippen LogP contribution is 2.45. The van der Waals surface area contributed by atoms with Crippen LogP contribution in [0.15, 0.2) is 328 Å². The molecule has 14 aromatic rings. The standard InChI is InChI=1S/C46H36N2.C34H22/c1-5-13-41(14-6-1)47(42-15-7-2-8-16-42)45-33-29-39(30-34-45)27-25-37-21-23-38(24-22-37)26-28-40-31-35-46(36-32-40)48(43-17-9-3-10-18-43)44-19-11-4-12-20-44;1-3-11-25-21-27(19-17-23(25)9-1)33-29-13-5-7-15-31(29)34(32-16-8-6-14-30(32)33)28-20-18-24-10-2-4-12-26(24)22-28/h1-36H;1-22H/b27-25+,28-26+;. The summed E-state index contributed by atoms with van der Waals surface area (Å²) in [5.41, 5.74) is 16.6. The summed E-state index contributed by atoms with van der Waals surface area (Å²) in [5, 5.41) is 10.2. The third-order valence-electron chi connectivity index (χ3n) is 15.2. The molecule has 0 spiro atoms. The maximum Gasteiger partial charge on any atom is 0.0462 e. The van der Waals surface area contributed by atoms with Gasteiger partial charge in [-0.25, -0.2) is 0 Å². The minimum Gasteiger partial charge on any atom is -0.311 e. The summed E-state index contributed by atoms with van der Waals surface area (Å²) in [5.74, 6) is 0. The number of anilines is 6. The van der Waals surface area contributed by atoms with Crippen molar-refractivity contribution in [2.75, 3.05) is 9.80 Å². The van der Waals surface area contributed by atoms with E-state index < -0.39 is 0 Å². The van der Waals surface area contributed by atoms with E-state index in [0.29, 0.717) is 0 Å². The van der Waals surface area contributed by atoms with Gasteiger partial charge in [0.2, 0.25) is 0 Å². The Kier molecular flexibility index (Phi) is 14.6. The van der Waals surface area contributed by atoms with E-state index >= 15 is 0 Å². The summed E-state index contributed by atoms with van der Waals surface area (Å²) in [6.45, 7) is 0. The second-order valence-corrected chi connectivity index (χ2v) is 20.5. The van der Waals surface area contributed by atoms with E-state index in [2.05, 4.69) is 362 Å². The number of hydrogen-bond acceptors (Lipinski definition) is 2. The van der Waals surface area contributed by atoms with Crippen LogP contribution in [0.3, 0.4) is 0 Å². The van der Waals surface area contributed by atoms with E-state index in [9.17, 15) is 0 Å². The Morgan fingerprint density at radius 2 is 0.415 bits per heavy atom. The summed E-state index contributed by atoms with van der Waals surface area (Å²) >= 11 is 0. The molecule has 0 saturated carbocycles. The van der Waals surface area contributed by atoms with Crippen molar-refractivity contribution < 1.29 is 0 Å². The minimum atomic E-state index is 1.13. The molecule has 0 heterocycles. The topological polar surface area (TPSA) is 6.48 Å². The Balaban J connectivity index is 0.000000163. The molecule has 388 valence electrons. The zero-order chi connectivity index (χ0) is 54.9. The van der Waals surface area contributed by atoms with Gasteiger partial charge in [0.25, 0.3) is 0 Å². The largest absolute Gasteiger partial charge is 0.311 e. The van der Waals surface area contributed by atoms with E-state index in [4.69, 9.17) is 0 Å². The van der Waals surface area contributed by atoms with Crippen molar-refractivity contribution in [2.45, 2.75) is 0 Å². The summed E-state index contributed by atoms with van der Waals surface area (Å²) in [6, 6.07) is 117. The van der Waals surface area contributed by atoms with Crippen molar-refractivity contribution in [3.8, 4) is 22.3 Å². The molecule has 14 aromatic carbocycles. The molecule has 0 aliphatic heterocycles. The monoisotopic (exact) mass is 1050 g/mol. The second-order valence-electron chi connectivity index (χ2n) is 20.5. The van der Waals surface area contributed by atoms with Crippen LogP contribution in [0.4, 0.5) is 34.1 Å². The lowest BCUT2D eigenvalue weighted by atomic mass is 9.85. The van der Waals surface area contributed by atoms with Gasteiger partial charge in [-0.05, 0) is 173 Å². The number of fused-ring (bicyclic) bond motifs is 4. The molecular weight excluding hydrogens is 989 g/mol. The Labute approximate surface area is 480 Å². The number of rotatable bonds is 12. The maximum absolute atomic E-state index is 2.33. The molecule has 82 heavy (non-hydrogen) atoms. The zero-order valence-electron chi connectivity index (χ0n) is 45.4. The summed E-state index contributed by atoms with van der Waals surface area (Å²) < 4.78 is 0. The van der Waals surface area contributed by atoms with E-state index in [-0.39, 0.29) is 0 Å². The first kappa shape index (κ1) is 50.7. The fourth-order valence-corrected chi connectivity index (χ4v) is 11.2. The van der Waals surface area contributed by atoms with Crippen LogP contribution in [0.2, 0.25) is 0 Å². The van der Waals surface area contributed by atoms with Crippen LogP contribution in [0, 0.1) is 0 Å². The lowest BCUT2D eigenvalue weighted by molar-refractivity contribution is 1.28. The predicted octanol–water partition coefficient (Wildman–Crippen LogP) is 22.6. The van der Waals surface area contributed by atoms with Crippen molar-refractivity contribution >= 4 is 102 Å². The van der Waals surface area contributed by atoms with Gasteiger partial charge in [-0.3, -0.25) is 0 Å². The van der Waals surface area contributed by atoms with Gasteiger partial charge in [0.05, 0.1) is 0 Å². The van der Waals surface area contributed by atoms with E-state index in [1.165, 1.54) is 65.3 Å². The average Bonchev–Trinajstić information content (AvgIpc) is 2.82. The molecule has 0 aliphatic carbocycles. The van der Waals surface area contributed by atoms with Crippen LogP contribution < -0.4 is 9.80 Å². The Bertz CT molecular complexity index is 4080. The molecule has 2 heteroatoms. The van der Waals surface area contributed by atoms with Crippen LogP contribution >= 0.6 is 0 Å². The lowest BCUT2D eigenvalue weighted by Crippen LogP contribution is -2.09. The maximum atomic E-state index is 2.33. The highest BCUT2D eigenvalue weighted by molar-refractivity contribution is 6.22. The molecule has 0 bridgehead atoms. The van der Waals surface area contributed by atoms with Gasteiger partial charge < -0.3 is 9.80 Å². The van der Waals surface area contributed by atoms with Crippen LogP contribution in [-0.4, -0.2) is 0 Å². The molecule has 0 aliphatic rings. The quantitative estimate of drug-likeness (QED) is 0.0889. The van der Waals surface area contributed by atoms with Crippen molar-refractivity contribution in [3.05, 3.63) is 350 Å². The van der Waals surface area contributed by atoms with Crippen LogP contribution in [0.25, 0.3) is 89.6 Å². The van der Waals surface area contributed by atoms with Crippen LogP contribution in [0.5, 0.6) is 0 Å². The molecule has 2 nitrogen and oxygen atoms in total. The fourth-order valence-electron chi connectivity index (χ4n) is 11.2. The number of para-hydroxylation sites is 4. The summed E-state index contributed by atoms with van der Waals surface area (Å²) in [4.78, 5) is 4.55. The molecule has 0 amide bonds. The Morgan fingerprint density at radius 3 is 0.707 bits per heavy atom. The second kappa shape index (κ2) is 23.7. The molecular formula is C80H58N2. The van der Waals surface area contributed by atoms with Crippen LogP contribution in [0.1, 0.15) is 22.3 Å². The molecule has 0 saturated heterocycles. The highest BCUT2D eigenvalue weighted by Gasteiger charge is 2.18. The Hall–Kier alpha value is -10.8. The van der Waals surface area contributed by atoms with Crippen molar-refractivity contribution in [1.82, 2.24) is 0 Å². The van der Waals surface area contributed by atoms with E-state index in [0.717, 1.165) is 56.4 Å². The molecule has 0 radical (unpaired) electrons. The summed E-state index contributed by atoms with van der Waals surface area (Å²) in [7, 11) is 0. The van der Waals surface area contributed by atoms with Crippen molar-refractivity contribution in [3.63, 3.8) is 0 Å². The van der Waals surface area contributed by atoms with Gasteiger partial charge in [0.1, 0.15) is 0 Å². The van der Waals surface area contributed by atoms with Gasteiger partial charge in [0, 0.05) is 34.1 Å². The van der Waals surface area contributed by atoms with Gasteiger partial charge in [0.15, 0.2) is 0 Å². The van der Waals surface area contributed by atoms with Gasteiger partial charge in [-0.2, -0.15) is 0 Å². The van der Waals surface area contributed by atoms with Gasteiger partial charge >= 0.3 is 0 Å².